The molecule has 0 amide bonds. The molecule has 1 atom stereocenters. The number of hydrogen-bond donors (Lipinski definition) is 3. The van der Waals surface area contributed by atoms with Crippen molar-refractivity contribution in [1.82, 2.24) is 5.32 Å². The van der Waals surface area contributed by atoms with Gasteiger partial charge in [-0.3, -0.25) is 0 Å². The van der Waals surface area contributed by atoms with E-state index in [0.717, 1.165) is 24.3 Å². The fraction of sp³-hybridized carbons (Fsp3) is 0.429. The number of nitrogen functional groups attached to an aromatic ring is 1. The Morgan fingerprint density at radius 2 is 1.92 bits per heavy atom. The van der Waals surface area contributed by atoms with Crippen molar-refractivity contribution in [3.05, 3.63) is 53.1 Å². The van der Waals surface area contributed by atoms with Gasteiger partial charge in [0.15, 0.2) is 0 Å². The smallest absolute Gasteiger partial charge is 0.138 e. The van der Waals surface area contributed by atoms with E-state index in [1.54, 1.807) is 6.07 Å². The van der Waals surface area contributed by atoms with Gasteiger partial charge in [0.1, 0.15) is 11.5 Å². The van der Waals surface area contributed by atoms with E-state index >= 15 is 0 Å². The van der Waals surface area contributed by atoms with Crippen LogP contribution in [0.1, 0.15) is 29.5 Å². The average molecular weight is 340 g/mol. The van der Waals surface area contributed by atoms with Crippen molar-refractivity contribution in [1.29, 1.82) is 0 Å². The Labute approximate surface area is 150 Å². The van der Waals surface area contributed by atoms with Crippen LogP contribution >= 0.6 is 0 Å². The maximum Gasteiger partial charge on any atom is 0.138 e. The summed E-state index contributed by atoms with van der Waals surface area (Å²) in [5.74, 6) is 1.44. The monoisotopic (exact) mass is 340 g/mol. The lowest BCUT2D eigenvalue weighted by molar-refractivity contribution is 0.245. The molecule has 1 aliphatic carbocycles. The fourth-order valence-corrected chi connectivity index (χ4v) is 3.56. The second kappa shape index (κ2) is 8.26. The minimum atomic E-state index is 0.138. The Balaban J connectivity index is 1.62. The van der Waals surface area contributed by atoms with E-state index in [9.17, 15) is 5.11 Å². The SMILES string of the molecule is CNCC(COc1ccc2c(c1)CCCC2)Cc1ccc(O)c(N)c1. The van der Waals surface area contributed by atoms with E-state index in [0.29, 0.717) is 18.2 Å². The fourth-order valence-electron chi connectivity index (χ4n) is 3.56. The summed E-state index contributed by atoms with van der Waals surface area (Å²) in [6.45, 7) is 1.52. The Bertz CT molecular complexity index is 715. The first-order valence-corrected chi connectivity index (χ1v) is 9.12. The van der Waals surface area contributed by atoms with Gasteiger partial charge in [-0.25, -0.2) is 0 Å². The molecule has 3 rings (SSSR count). The van der Waals surface area contributed by atoms with Crippen LogP contribution in [0.3, 0.4) is 0 Å². The zero-order chi connectivity index (χ0) is 17.6. The molecule has 2 aromatic rings. The van der Waals surface area contributed by atoms with Gasteiger partial charge in [-0.15, -0.1) is 0 Å². The summed E-state index contributed by atoms with van der Waals surface area (Å²) < 4.78 is 6.09. The number of aromatic hydroxyl groups is 1. The van der Waals surface area contributed by atoms with E-state index < -0.39 is 0 Å². The highest BCUT2D eigenvalue weighted by molar-refractivity contribution is 5.53. The summed E-state index contributed by atoms with van der Waals surface area (Å²) in [5, 5.41) is 12.8. The number of phenols is 1. The van der Waals surface area contributed by atoms with Gasteiger partial charge in [0.2, 0.25) is 0 Å². The molecule has 0 aromatic heterocycles. The molecule has 134 valence electrons. The van der Waals surface area contributed by atoms with Gasteiger partial charge < -0.3 is 20.9 Å². The van der Waals surface area contributed by atoms with Crippen molar-refractivity contribution in [2.24, 2.45) is 5.92 Å². The molecule has 0 spiro atoms. The van der Waals surface area contributed by atoms with Crippen molar-refractivity contribution in [2.45, 2.75) is 32.1 Å². The maximum atomic E-state index is 9.57. The molecule has 0 fully saturated rings. The second-order valence-electron chi connectivity index (χ2n) is 6.97. The first-order chi connectivity index (χ1) is 12.2. The van der Waals surface area contributed by atoms with Crippen LogP contribution in [-0.4, -0.2) is 25.3 Å². The molecule has 1 unspecified atom stereocenters. The molecule has 4 heteroatoms. The third-order valence-corrected chi connectivity index (χ3v) is 4.91. The van der Waals surface area contributed by atoms with Gasteiger partial charge in [-0.2, -0.15) is 0 Å². The Morgan fingerprint density at radius 1 is 1.12 bits per heavy atom. The molecule has 0 bridgehead atoms. The first-order valence-electron chi connectivity index (χ1n) is 9.12. The second-order valence-corrected chi connectivity index (χ2v) is 6.97. The summed E-state index contributed by atoms with van der Waals surface area (Å²) in [4.78, 5) is 0. The largest absolute Gasteiger partial charge is 0.506 e. The molecule has 2 aromatic carbocycles. The Morgan fingerprint density at radius 3 is 2.68 bits per heavy atom. The first kappa shape index (κ1) is 17.6. The van der Waals surface area contributed by atoms with Gasteiger partial charge >= 0.3 is 0 Å². The molecule has 0 radical (unpaired) electrons. The van der Waals surface area contributed by atoms with E-state index in [1.807, 2.05) is 19.2 Å². The van der Waals surface area contributed by atoms with E-state index in [2.05, 4.69) is 23.5 Å². The van der Waals surface area contributed by atoms with Gasteiger partial charge in [-0.05, 0) is 80.1 Å². The zero-order valence-electron chi connectivity index (χ0n) is 14.9. The quantitative estimate of drug-likeness (QED) is 0.534. The number of fused-ring (bicyclic) bond motifs is 1. The minimum Gasteiger partial charge on any atom is -0.506 e. The standard InChI is InChI=1S/C21H28N2O2/c1-23-13-16(10-15-6-9-21(24)20(22)11-15)14-25-19-8-7-17-4-2-3-5-18(17)12-19/h6-9,11-12,16,23-24H,2-5,10,13-14,22H2,1H3. The number of ether oxygens (including phenoxy) is 1. The molecule has 0 saturated heterocycles. The zero-order valence-corrected chi connectivity index (χ0v) is 14.9. The van der Waals surface area contributed by atoms with Crippen molar-refractivity contribution < 1.29 is 9.84 Å². The van der Waals surface area contributed by atoms with Crippen molar-refractivity contribution in [3.63, 3.8) is 0 Å². The molecular formula is C21H28N2O2. The van der Waals surface area contributed by atoms with Gasteiger partial charge in [0, 0.05) is 12.5 Å². The minimum absolute atomic E-state index is 0.138. The van der Waals surface area contributed by atoms with Crippen molar-refractivity contribution in [3.8, 4) is 11.5 Å². The van der Waals surface area contributed by atoms with Crippen LogP contribution in [0.4, 0.5) is 5.69 Å². The van der Waals surface area contributed by atoms with Gasteiger partial charge in [-0.1, -0.05) is 12.1 Å². The third-order valence-electron chi connectivity index (χ3n) is 4.91. The molecule has 0 heterocycles. The predicted octanol–water partition coefficient (Wildman–Crippen LogP) is 3.31. The number of anilines is 1. The van der Waals surface area contributed by atoms with Gasteiger partial charge in [0.05, 0.1) is 12.3 Å². The van der Waals surface area contributed by atoms with Crippen LogP contribution in [0, 0.1) is 5.92 Å². The van der Waals surface area contributed by atoms with Crippen LogP contribution in [0.5, 0.6) is 11.5 Å². The van der Waals surface area contributed by atoms with Gasteiger partial charge in [0.25, 0.3) is 0 Å². The van der Waals surface area contributed by atoms with E-state index in [-0.39, 0.29) is 5.75 Å². The molecule has 0 aliphatic heterocycles. The highest BCUT2D eigenvalue weighted by Gasteiger charge is 2.13. The number of rotatable bonds is 7. The summed E-state index contributed by atoms with van der Waals surface area (Å²) in [5.41, 5.74) is 10.3. The van der Waals surface area contributed by atoms with Crippen LogP contribution < -0.4 is 15.8 Å². The average Bonchev–Trinajstić information content (AvgIpc) is 2.63. The Kier molecular flexibility index (Phi) is 5.82. The molecule has 4 nitrogen and oxygen atoms in total. The number of hydrogen-bond acceptors (Lipinski definition) is 4. The lowest BCUT2D eigenvalue weighted by atomic mass is 9.92. The van der Waals surface area contributed by atoms with E-state index in [4.69, 9.17) is 10.5 Å². The van der Waals surface area contributed by atoms with Crippen molar-refractivity contribution >= 4 is 5.69 Å². The molecule has 1 aliphatic rings. The normalized spacial score (nSPS) is 14.8. The number of aryl methyl sites for hydroxylation is 2. The highest BCUT2D eigenvalue weighted by Crippen LogP contribution is 2.26. The summed E-state index contributed by atoms with van der Waals surface area (Å²) in [7, 11) is 1.96. The topological polar surface area (TPSA) is 67.5 Å². The highest BCUT2D eigenvalue weighted by atomic mass is 16.5. The molecule has 25 heavy (non-hydrogen) atoms. The van der Waals surface area contributed by atoms with Crippen LogP contribution in [0.15, 0.2) is 36.4 Å². The lowest BCUT2D eigenvalue weighted by Gasteiger charge is -2.20. The number of nitrogens with two attached hydrogens (primary N) is 1. The maximum absolute atomic E-state index is 9.57. The third kappa shape index (κ3) is 4.67. The van der Waals surface area contributed by atoms with E-state index in [1.165, 1.54) is 36.8 Å². The number of phenolic OH excluding ortho intramolecular Hbond substituents is 1. The molecule has 4 N–H and O–H groups in total. The van der Waals surface area contributed by atoms with Crippen LogP contribution in [0.2, 0.25) is 0 Å². The predicted molar refractivity (Wildman–Crippen MR) is 102 cm³/mol. The molecular weight excluding hydrogens is 312 g/mol. The van der Waals surface area contributed by atoms with Crippen LogP contribution in [0.25, 0.3) is 0 Å². The van der Waals surface area contributed by atoms with Crippen molar-refractivity contribution in [2.75, 3.05) is 25.9 Å². The molecule has 0 saturated carbocycles. The number of nitrogens with one attached hydrogen (secondary N) is 1. The number of benzene rings is 2. The Hall–Kier alpha value is -2.20. The summed E-state index contributed by atoms with van der Waals surface area (Å²) in [6, 6.07) is 12.0. The summed E-state index contributed by atoms with van der Waals surface area (Å²) in [6.07, 6.45) is 5.80. The van der Waals surface area contributed by atoms with Crippen LogP contribution in [-0.2, 0) is 19.3 Å². The lowest BCUT2D eigenvalue weighted by Crippen LogP contribution is -2.26. The summed E-state index contributed by atoms with van der Waals surface area (Å²) >= 11 is 0.